The maximum absolute atomic E-state index is 13.3. The van der Waals surface area contributed by atoms with Gasteiger partial charge in [-0.25, -0.2) is 13.8 Å². The Morgan fingerprint density at radius 3 is 2.72 bits per heavy atom. The van der Waals surface area contributed by atoms with Crippen molar-refractivity contribution in [1.82, 2.24) is 4.98 Å². The Bertz CT molecular complexity index is 439. The lowest BCUT2D eigenvalue weighted by Crippen LogP contribution is -2.15. The molecule has 0 amide bonds. The van der Waals surface area contributed by atoms with Crippen molar-refractivity contribution in [2.45, 2.75) is 26.3 Å². The van der Waals surface area contributed by atoms with Crippen LogP contribution >= 0.6 is 0 Å². The molecular formula is C11H13F3N2O2. The second kappa shape index (κ2) is 6.34. The molecule has 1 rings (SSSR count). The second-order valence-electron chi connectivity index (χ2n) is 3.45. The minimum Gasteiger partial charge on any atom is -0.466 e. The number of ether oxygens (including phenoxy) is 1. The van der Waals surface area contributed by atoms with Crippen molar-refractivity contribution in [3.63, 3.8) is 0 Å². The molecule has 0 bridgehead atoms. The molecule has 18 heavy (non-hydrogen) atoms. The van der Waals surface area contributed by atoms with E-state index in [0.29, 0.717) is 0 Å². The lowest BCUT2D eigenvalue weighted by atomic mass is 10.0. The fraction of sp³-hybridized carbons (Fsp3) is 0.455. The van der Waals surface area contributed by atoms with E-state index < -0.39 is 30.3 Å². The summed E-state index contributed by atoms with van der Waals surface area (Å²) in [7, 11) is 0. The van der Waals surface area contributed by atoms with Crippen LogP contribution in [0.5, 0.6) is 0 Å². The van der Waals surface area contributed by atoms with Gasteiger partial charge >= 0.3 is 5.97 Å². The molecule has 0 atom stereocenters. The molecule has 1 aromatic rings. The number of hydrogen-bond donors (Lipinski definition) is 1. The molecule has 0 radical (unpaired) electrons. The number of carbonyl (C=O) groups is 1. The Labute approximate surface area is 102 Å². The van der Waals surface area contributed by atoms with Gasteiger partial charge in [0.2, 0.25) is 5.95 Å². The highest BCUT2D eigenvalue weighted by atomic mass is 19.3. The molecule has 0 unspecified atom stereocenters. The summed E-state index contributed by atoms with van der Waals surface area (Å²) in [4.78, 5) is 14.5. The molecule has 0 aliphatic heterocycles. The van der Waals surface area contributed by atoms with E-state index in [9.17, 15) is 18.0 Å². The van der Waals surface area contributed by atoms with Gasteiger partial charge in [-0.05, 0) is 18.1 Å². The van der Waals surface area contributed by atoms with Crippen molar-refractivity contribution in [3.05, 3.63) is 28.8 Å². The van der Waals surface area contributed by atoms with Crippen molar-refractivity contribution in [2.24, 2.45) is 5.73 Å². The predicted molar refractivity (Wildman–Crippen MR) is 57.4 cm³/mol. The third-order valence-corrected chi connectivity index (χ3v) is 2.33. The summed E-state index contributed by atoms with van der Waals surface area (Å²) < 4.78 is 43.5. The van der Waals surface area contributed by atoms with E-state index in [4.69, 9.17) is 5.73 Å². The van der Waals surface area contributed by atoms with E-state index in [1.165, 1.54) is 0 Å². The third-order valence-electron chi connectivity index (χ3n) is 2.33. The molecule has 1 aromatic heterocycles. The molecule has 0 saturated carbocycles. The first kappa shape index (κ1) is 14.4. The standard InChI is InChI=1S/C11H13F3N2O2/c1-2-18-8(17)3-7-6(4-15)5-16-11(14)9(7)10(12)13/h5,10H,2-4,15H2,1H3. The normalized spacial score (nSPS) is 10.8. The number of pyridine rings is 1. The lowest BCUT2D eigenvalue weighted by molar-refractivity contribution is -0.142. The van der Waals surface area contributed by atoms with Crippen molar-refractivity contribution < 1.29 is 22.7 Å². The van der Waals surface area contributed by atoms with Crippen LogP contribution in [-0.2, 0) is 22.5 Å². The molecule has 0 saturated heterocycles. The molecule has 4 nitrogen and oxygen atoms in total. The summed E-state index contributed by atoms with van der Waals surface area (Å²) in [5, 5.41) is 0. The van der Waals surface area contributed by atoms with E-state index >= 15 is 0 Å². The summed E-state index contributed by atoms with van der Waals surface area (Å²) in [6.07, 6.45) is -2.46. The van der Waals surface area contributed by atoms with Gasteiger partial charge in [0.25, 0.3) is 6.43 Å². The fourth-order valence-electron chi connectivity index (χ4n) is 1.54. The predicted octanol–water partition coefficient (Wildman–Crippen LogP) is 1.72. The molecule has 0 fully saturated rings. The molecule has 7 heteroatoms. The highest BCUT2D eigenvalue weighted by Gasteiger charge is 2.24. The number of nitrogens with two attached hydrogens (primary N) is 1. The Kier molecular flexibility index (Phi) is 5.08. The minimum atomic E-state index is -3.06. The Hall–Kier alpha value is -1.63. The van der Waals surface area contributed by atoms with E-state index in [1.807, 2.05) is 0 Å². The van der Waals surface area contributed by atoms with Crippen LogP contribution in [0.3, 0.4) is 0 Å². The SMILES string of the molecule is CCOC(=O)Cc1c(CN)cnc(F)c1C(F)F. The monoisotopic (exact) mass is 262 g/mol. The van der Waals surface area contributed by atoms with Gasteiger partial charge in [-0.15, -0.1) is 0 Å². The molecule has 2 N–H and O–H groups in total. The number of esters is 1. The molecular weight excluding hydrogens is 249 g/mol. The molecule has 100 valence electrons. The number of nitrogens with zero attached hydrogens (tertiary/aromatic N) is 1. The molecule has 1 heterocycles. The highest BCUT2D eigenvalue weighted by Crippen LogP contribution is 2.27. The number of hydrogen-bond acceptors (Lipinski definition) is 4. The Balaban J connectivity index is 3.19. The maximum atomic E-state index is 13.3. The van der Waals surface area contributed by atoms with Gasteiger partial charge in [0.1, 0.15) is 0 Å². The smallest absolute Gasteiger partial charge is 0.310 e. The quantitative estimate of drug-likeness (QED) is 0.648. The maximum Gasteiger partial charge on any atom is 0.310 e. The summed E-state index contributed by atoms with van der Waals surface area (Å²) in [5.41, 5.74) is 4.54. The van der Waals surface area contributed by atoms with Gasteiger partial charge < -0.3 is 10.5 Å². The summed E-state index contributed by atoms with van der Waals surface area (Å²) in [6.45, 7) is 1.60. The van der Waals surface area contributed by atoms with Crippen LogP contribution in [0.1, 0.15) is 30.0 Å². The second-order valence-corrected chi connectivity index (χ2v) is 3.45. The van der Waals surface area contributed by atoms with Gasteiger partial charge in [0.15, 0.2) is 0 Å². The molecule has 0 aliphatic rings. The topological polar surface area (TPSA) is 65.2 Å². The van der Waals surface area contributed by atoms with Gasteiger partial charge in [-0.3, -0.25) is 4.79 Å². The summed E-state index contributed by atoms with van der Waals surface area (Å²) >= 11 is 0. The van der Waals surface area contributed by atoms with Crippen LogP contribution in [-0.4, -0.2) is 17.6 Å². The van der Waals surface area contributed by atoms with Gasteiger partial charge in [-0.1, -0.05) is 0 Å². The zero-order valence-corrected chi connectivity index (χ0v) is 9.75. The molecule has 0 aliphatic carbocycles. The fourth-order valence-corrected chi connectivity index (χ4v) is 1.54. The zero-order chi connectivity index (χ0) is 13.7. The van der Waals surface area contributed by atoms with Crippen LogP contribution in [0.25, 0.3) is 0 Å². The number of carbonyl (C=O) groups excluding carboxylic acids is 1. The van der Waals surface area contributed by atoms with Crippen LogP contribution in [0.4, 0.5) is 13.2 Å². The third kappa shape index (κ3) is 3.19. The molecule has 0 aromatic carbocycles. The number of halogens is 3. The van der Waals surface area contributed by atoms with E-state index in [1.54, 1.807) is 6.92 Å². The van der Waals surface area contributed by atoms with Crippen molar-refractivity contribution >= 4 is 5.97 Å². The first-order valence-electron chi connectivity index (χ1n) is 5.31. The van der Waals surface area contributed by atoms with Crippen LogP contribution in [0.15, 0.2) is 6.20 Å². The van der Waals surface area contributed by atoms with Crippen molar-refractivity contribution in [2.75, 3.05) is 6.61 Å². The van der Waals surface area contributed by atoms with E-state index in [-0.39, 0.29) is 24.3 Å². The van der Waals surface area contributed by atoms with Gasteiger partial charge in [-0.2, -0.15) is 4.39 Å². The first-order valence-corrected chi connectivity index (χ1v) is 5.31. The summed E-state index contributed by atoms with van der Waals surface area (Å²) in [6, 6.07) is 0. The van der Waals surface area contributed by atoms with E-state index in [0.717, 1.165) is 6.20 Å². The largest absolute Gasteiger partial charge is 0.466 e. The highest BCUT2D eigenvalue weighted by molar-refractivity contribution is 5.73. The minimum absolute atomic E-state index is 0.109. The Morgan fingerprint density at radius 2 is 2.22 bits per heavy atom. The van der Waals surface area contributed by atoms with Gasteiger partial charge in [0.05, 0.1) is 18.6 Å². The average molecular weight is 262 g/mol. The van der Waals surface area contributed by atoms with Gasteiger partial charge in [0, 0.05) is 12.7 Å². The summed E-state index contributed by atoms with van der Waals surface area (Å²) in [5.74, 6) is -2.00. The van der Waals surface area contributed by atoms with Crippen LogP contribution < -0.4 is 5.73 Å². The van der Waals surface area contributed by atoms with Crippen LogP contribution in [0.2, 0.25) is 0 Å². The Morgan fingerprint density at radius 1 is 1.56 bits per heavy atom. The zero-order valence-electron chi connectivity index (χ0n) is 9.75. The number of aromatic nitrogens is 1. The van der Waals surface area contributed by atoms with Crippen LogP contribution in [0, 0.1) is 5.95 Å². The average Bonchev–Trinajstić information content (AvgIpc) is 2.29. The number of rotatable bonds is 5. The molecule has 0 spiro atoms. The van der Waals surface area contributed by atoms with Crippen molar-refractivity contribution in [3.8, 4) is 0 Å². The van der Waals surface area contributed by atoms with Crippen molar-refractivity contribution in [1.29, 1.82) is 0 Å². The van der Waals surface area contributed by atoms with E-state index in [2.05, 4.69) is 9.72 Å². The number of alkyl halides is 2. The lowest BCUT2D eigenvalue weighted by Gasteiger charge is -2.13. The first-order chi connectivity index (χ1) is 8.51.